The lowest BCUT2D eigenvalue weighted by molar-refractivity contribution is 0.481. The third-order valence-electron chi connectivity index (χ3n) is 2.39. The summed E-state index contributed by atoms with van der Waals surface area (Å²) in [6.45, 7) is 0. The fraction of sp³-hybridized carbons (Fsp3) is 0. The first-order valence-corrected chi connectivity index (χ1v) is 5.60. The van der Waals surface area contributed by atoms with Crippen LogP contribution in [0.5, 0.6) is 11.5 Å². The summed E-state index contributed by atoms with van der Waals surface area (Å²) in [5.74, 6) is 1.19. The normalized spacial score (nSPS) is 10.7. The summed E-state index contributed by atoms with van der Waals surface area (Å²) in [7, 11) is 0. The Hall–Kier alpha value is -2.27. The van der Waals surface area contributed by atoms with Crippen molar-refractivity contribution in [2.75, 3.05) is 0 Å². The van der Waals surface area contributed by atoms with Crippen LogP contribution in [0.3, 0.4) is 0 Å². The molecular weight excluding hydrogens is 254 g/mol. The zero-order valence-electron chi connectivity index (χ0n) is 9.11. The fourth-order valence-corrected chi connectivity index (χ4v) is 1.72. The number of rotatable bonds is 2. The second kappa shape index (κ2) is 4.19. The predicted octanol–water partition coefficient (Wildman–Crippen LogP) is 2.70. The Kier molecular flexibility index (Phi) is 2.53. The minimum atomic E-state index is -0.291. The van der Waals surface area contributed by atoms with Crippen molar-refractivity contribution in [1.82, 2.24) is 15.0 Å². The Bertz CT molecular complexity index is 746. The van der Waals surface area contributed by atoms with Crippen LogP contribution in [0.4, 0.5) is 0 Å². The lowest BCUT2D eigenvalue weighted by Gasteiger charge is -2.04. The van der Waals surface area contributed by atoms with E-state index in [1.807, 2.05) is 0 Å². The molecule has 0 radical (unpaired) electrons. The monoisotopic (exact) mass is 261 g/mol. The van der Waals surface area contributed by atoms with Crippen LogP contribution in [0.2, 0.25) is 5.02 Å². The summed E-state index contributed by atoms with van der Waals surface area (Å²) in [5, 5.41) is 0.644. The molecule has 0 amide bonds. The van der Waals surface area contributed by atoms with Gasteiger partial charge in [0.05, 0.1) is 11.7 Å². The van der Waals surface area contributed by atoms with Crippen LogP contribution in [0.25, 0.3) is 11.2 Å². The van der Waals surface area contributed by atoms with Crippen molar-refractivity contribution in [3.63, 3.8) is 0 Å². The number of ether oxygens (including phenoxy) is 1. The molecule has 2 N–H and O–H groups in total. The van der Waals surface area contributed by atoms with E-state index < -0.39 is 0 Å². The van der Waals surface area contributed by atoms with Crippen LogP contribution in [-0.2, 0) is 0 Å². The molecule has 90 valence electrons. The molecule has 0 bridgehead atoms. The lowest BCUT2D eigenvalue weighted by atomic mass is 10.3. The topological polar surface area (TPSA) is 70.8 Å². The predicted molar refractivity (Wildman–Crippen MR) is 68.2 cm³/mol. The number of nitrogens with one attached hydrogen (secondary N) is 2. The molecule has 2 aromatic heterocycles. The minimum absolute atomic E-state index is 0.291. The largest absolute Gasteiger partial charge is 0.456 e. The van der Waals surface area contributed by atoms with Crippen LogP contribution < -0.4 is 10.4 Å². The highest BCUT2D eigenvalue weighted by Gasteiger charge is 2.03. The average Bonchev–Trinajstić information content (AvgIpc) is 2.71. The van der Waals surface area contributed by atoms with E-state index in [2.05, 4.69) is 15.0 Å². The maximum Gasteiger partial charge on any atom is 0.325 e. The first kappa shape index (κ1) is 10.9. The Labute approximate surface area is 106 Å². The van der Waals surface area contributed by atoms with Crippen LogP contribution in [-0.4, -0.2) is 15.0 Å². The van der Waals surface area contributed by atoms with Crippen LogP contribution in [0.15, 0.2) is 41.3 Å². The highest BCUT2D eigenvalue weighted by molar-refractivity contribution is 6.30. The smallest absolute Gasteiger partial charge is 0.325 e. The molecule has 0 saturated carbocycles. The standard InChI is InChI=1S/C12H8ClN3O2/c13-7-1-3-8(4-2-7)18-9-5-10-11(14-6-9)16-12(17)15-10/h1-6H,(H2,14,15,16,17). The fourth-order valence-electron chi connectivity index (χ4n) is 1.60. The van der Waals surface area contributed by atoms with Gasteiger partial charge in [0.15, 0.2) is 5.65 Å². The van der Waals surface area contributed by atoms with Crippen molar-refractivity contribution in [2.45, 2.75) is 0 Å². The van der Waals surface area contributed by atoms with Crippen LogP contribution >= 0.6 is 11.6 Å². The molecule has 0 atom stereocenters. The molecule has 18 heavy (non-hydrogen) atoms. The van der Waals surface area contributed by atoms with E-state index in [4.69, 9.17) is 16.3 Å². The average molecular weight is 262 g/mol. The van der Waals surface area contributed by atoms with Crippen molar-refractivity contribution >= 4 is 22.8 Å². The second-order valence-corrected chi connectivity index (χ2v) is 4.14. The first-order valence-electron chi connectivity index (χ1n) is 5.22. The van der Waals surface area contributed by atoms with Gasteiger partial charge in [-0.25, -0.2) is 9.78 Å². The molecule has 0 saturated heterocycles. The third kappa shape index (κ3) is 2.08. The highest BCUT2D eigenvalue weighted by Crippen LogP contribution is 2.23. The number of aromatic amines is 2. The van der Waals surface area contributed by atoms with Gasteiger partial charge in [0.25, 0.3) is 0 Å². The summed E-state index contributed by atoms with van der Waals surface area (Å²) < 4.78 is 5.59. The molecule has 0 unspecified atom stereocenters. The van der Waals surface area contributed by atoms with Crippen molar-refractivity contribution < 1.29 is 4.74 Å². The van der Waals surface area contributed by atoms with E-state index in [1.54, 1.807) is 36.5 Å². The van der Waals surface area contributed by atoms with Gasteiger partial charge in [-0.1, -0.05) is 11.6 Å². The summed E-state index contributed by atoms with van der Waals surface area (Å²) in [6.07, 6.45) is 1.54. The molecule has 3 aromatic rings. The van der Waals surface area contributed by atoms with E-state index in [-0.39, 0.29) is 5.69 Å². The molecule has 0 aliphatic rings. The van der Waals surface area contributed by atoms with E-state index >= 15 is 0 Å². The van der Waals surface area contributed by atoms with Gasteiger partial charge in [-0.05, 0) is 24.3 Å². The molecule has 0 spiro atoms. The zero-order valence-corrected chi connectivity index (χ0v) is 9.86. The molecule has 3 rings (SSSR count). The number of hydrogen-bond acceptors (Lipinski definition) is 3. The SMILES string of the molecule is O=c1[nH]c2cc(Oc3ccc(Cl)cc3)cnc2[nH]1. The molecule has 0 aliphatic carbocycles. The zero-order chi connectivity index (χ0) is 12.5. The number of halogens is 1. The van der Waals surface area contributed by atoms with Crippen molar-refractivity contribution in [1.29, 1.82) is 0 Å². The van der Waals surface area contributed by atoms with Crippen molar-refractivity contribution in [3.8, 4) is 11.5 Å². The van der Waals surface area contributed by atoms with E-state index in [1.165, 1.54) is 0 Å². The van der Waals surface area contributed by atoms with Gasteiger partial charge in [-0.2, -0.15) is 0 Å². The summed E-state index contributed by atoms with van der Waals surface area (Å²) >= 11 is 5.78. The number of pyridine rings is 1. The Balaban J connectivity index is 1.94. The van der Waals surface area contributed by atoms with Gasteiger partial charge in [0.2, 0.25) is 0 Å². The number of fused-ring (bicyclic) bond motifs is 1. The summed E-state index contributed by atoms with van der Waals surface area (Å²) in [5.41, 5.74) is 0.816. The maximum atomic E-state index is 11.1. The Morgan fingerprint density at radius 2 is 1.89 bits per heavy atom. The number of H-pyrrole nitrogens is 2. The van der Waals surface area contributed by atoms with E-state index in [9.17, 15) is 4.79 Å². The molecular formula is C12H8ClN3O2. The molecule has 0 aliphatic heterocycles. The van der Waals surface area contributed by atoms with E-state index in [0.29, 0.717) is 27.7 Å². The molecule has 5 nitrogen and oxygen atoms in total. The molecule has 2 heterocycles. The van der Waals surface area contributed by atoms with E-state index in [0.717, 1.165) is 0 Å². The second-order valence-electron chi connectivity index (χ2n) is 3.70. The van der Waals surface area contributed by atoms with Crippen LogP contribution in [0, 0.1) is 0 Å². The van der Waals surface area contributed by atoms with Gasteiger partial charge in [0, 0.05) is 11.1 Å². The van der Waals surface area contributed by atoms with Gasteiger partial charge in [-0.15, -0.1) is 0 Å². The number of aromatic nitrogens is 3. The van der Waals surface area contributed by atoms with Gasteiger partial charge in [0.1, 0.15) is 11.5 Å². The van der Waals surface area contributed by atoms with Crippen molar-refractivity contribution in [3.05, 3.63) is 52.0 Å². The number of imidazole rings is 1. The quantitative estimate of drug-likeness (QED) is 0.745. The van der Waals surface area contributed by atoms with Crippen LogP contribution in [0.1, 0.15) is 0 Å². The number of hydrogen-bond donors (Lipinski definition) is 2. The van der Waals surface area contributed by atoms with Crippen molar-refractivity contribution in [2.24, 2.45) is 0 Å². The minimum Gasteiger partial charge on any atom is -0.456 e. The number of benzene rings is 1. The molecule has 6 heteroatoms. The Morgan fingerprint density at radius 3 is 2.67 bits per heavy atom. The Morgan fingerprint density at radius 1 is 1.11 bits per heavy atom. The highest BCUT2D eigenvalue weighted by atomic mass is 35.5. The summed E-state index contributed by atoms with van der Waals surface area (Å²) in [6, 6.07) is 8.69. The third-order valence-corrected chi connectivity index (χ3v) is 2.64. The first-order chi connectivity index (χ1) is 8.70. The van der Waals surface area contributed by atoms with Gasteiger partial charge in [-0.3, -0.25) is 4.98 Å². The summed E-state index contributed by atoms with van der Waals surface area (Å²) in [4.78, 5) is 20.3. The van der Waals surface area contributed by atoms with Gasteiger partial charge < -0.3 is 9.72 Å². The van der Waals surface area contributed by atoms with Gasteiger partial charge >= 0.3 is 5.69 Å². The molecule has 0 fully saturated rings. The molecule has 1 aromatic carbocycles. The number of nitrogens with zero attached hydrogens (tertiary/aromatic N) is 1. The lowest BCUT2D eigenvalue weighted by Crippen LogP contribution is -1.99. The maximum absolute atomic E-state index is 11.1.